The van der Waals surface area contributed by atoms with E-state index in [2.05, 4.69) is 86.6 Å². The Morgan fingerprint density at radius 3 is 1.57 bits per heavy atom. The van der Waals surface area contributed by atoms with Gasteiger partial charge in [-0.1, -0.05) is 0 Å². The van der Waals surface area contributed by atoms with Gasteiger partial charge in [0.15, 0.2) is 0 Å². The summed E-state index contributed by atoms with van der Waals surface area (Å²) in [6.45, 7) is 6.04. The molecule has 0 aliphatic heterocycles. The van der Waals surface area contributed by atoms with E-state index in [0.29, 0.717) is 17.7 Å². The van der Waals surface area contributed by atoms with E-state index < -0.39 is 24.8 Å². The fourth-order valence-corrected chi connectivity index (χ4v) is 16.9. The summed E-state index contributed by atoms with van der Waals surface area (Å²) in [5.74, 6) is 0.161. The van der Waals surface area contributed by atoms with Crippen LogP contribution in [-0.4, -0.2) is 41.6 Å². The molecule has 4 rings (SSSR count). The Balaban J connectivity index is 1.75. The minimum atomic E-state index is -3.82. The summed E-state index contributed by atoms with van der Waals surface area (Å²) < 4.78 is 9.22. The number of benzene rings is 4. The number of para-hydroxylation sites is 1. The topological polar surface area (TPSA) is 58.9 Å². The molecule has 0 heterocycles. The molecule has 0 aromatic heterocycles. The quantitative estimate of drug-likeness (QED) is 0.129. The summed E-state index contributed by atoms with van der Waals surface area (Å²) in [6, 6.07) is 37.7. The van der Waals surface area contributed by atoms with Gasteiger partial charge in [0.05, 0.1) is 0 Å². The van der Waals surface area contributed by atoms with Gasteiger partial charge in [0, 0.05) is 0 Å². The molecule has 206 valence electrons. The zero-order valence-electron chi connectivity index (χ0n) is 23.7. The van der Waals surface area contributed by atoms with Gasteiger partial charge < -0.3 is 0 Å². The number of hydrogen-bond donors (Lipinski definition) is 1. The first-order valence-electron chi connectivity index (χ1n) is 14.0. The zero-order valence-corrected chi connectivity index (χ0v) is 26.5. The summed E-state index contributed by atoms with van der Waals surface area (Å²) in [5.41, 5.74) is 4.87. The van der Waals surface area contributed by atoms with E-state index in [1.54, 1.807) is 12.1 Å². The second-order valence-corrected chi connectivity index (χ2v) is 21.3. The fraction of sp³-hybridized carbons (Fsp3) is 0.257. The van der Waals surface area contributed by atoms with Crippen molar-refractivity contribution in [3.05, 3.63) is 138 Å². The number of aliphatic imine (C=N–C) groups is 1. The molecule has 0 amide bonds. The molecular formula is C35H39NO3Sn. The van der Waals surface area contributed by atoms with Crippen molar-refractivity contribution in [2.24, 2.45) is 10.9 Å². The van der Waals surface area contributed by atoms with E-state index in [1.165, 1.54) is 16.7 Å². The van der Waals surface area contributed by atoms with Crippen LogP contribution in [0.1, 0.15) is 49.4 Å². The number of phenolic OH excluding ortho intramolecular Hbond substituents is 1. The third kappa shape index (κ3) is 8.56. The van der Waals surface area contributed by atoms with Crippen LogP contribution in [0.25, 0.3) is 0 Å². The number of nitrogens with zero attached hydrogens (tertiary/aromatic N) is 1. The first-order chi connectivity index (χ1) is 19.3. The van der Waals surface area contributed by atoms with Crippen LogP contribution in [0.15, 0.2) is 120 Å². The van der Waals surface area contributed by atoms with Crippen LogP contribution in [0.2, 0.25) is 0 Å². The monoisotopic (exact) mass is 641 g/mol. The maximum atomic E-state index is 14.2. The van der Waals surface area contributed by atoms with Crippen molar-refractivity contribution in [2.45, 2.75) is 46.5 Å². The maximum absolute atomic E-state index is 14.2. The average molecular weight is 640 g/mol. The molecule has 0 radical (unpaired) electrons. The van der Waals surface area contributed by atoms with E-state index in [1.807, 2.05) is 37.3 Å². The van der Waals surface area contributed by atoms with Crippen molar-refractivity contribution < 1.29 is 13.0 Å². The summed E-state index contributed by atoms with van der Waals surface area (Å²) in [7, 11) is 0. The Morgan fingerprint density at radius 1 is 0.725 bits per heavy atom. The van der Waals surface area contributed by atoms with Crippen LogP contribution in [0.3, 0.4) is 0 Å². The molecule has 4 nitrogen and oxygen atoms in total. The Morgan fingerprint density at radius 2 is 1.15 bits per heavy atom. The standard InChI is InChI=1S/C14H19NO3.3C7H7.Sn/c1-9(2)8-12(14(17)18)15-10(3)11-6-4-5-7-13(11)16;3*1-7-5-3-2-4-6-7;/h4-7,9,12,16H,8H2,1-3H3,(H,17,18);3*2-6H,1H2;/q;;;;+1/p-1/t12-;;;;/m0..../s1. The fourth-order valence-electron chi connectivity index (χ4n) is 5.21. The molecule has 0 fully saturated rings. The van der Waals surface area contributed by atoms with Gasteiger partial charge in [-0.05, 0) is 0 Å². The van der Waals surface area contributed by atoms with Crippen molar-refractivity contribution in [1.29, 1.82) is 0 Å². The van der Waals surface area contributed by atoms with Crippen molar-refractivity contribution in [3.63, 3.8) is 0 Å². The van der Waals surface area contributed by atoms with E-state index >= 15 is 0 Å². The molecule has 0 saturated carbocycles. The molecule has 0 saturated heterocycles. The van der Waals surface area contributed by atoms with Gasteiger partial charge >= 0.3 is 244 Å². The summed E-state index contributed by atoms with van der Waals surface area (Å²) >= 11 is -3.82. The molecular weight excluding hydrogens is 601 g/mol. The number of carbonyl (C=O) groups is 1. The molecule has 4 aromatic rings. The number of phenols is 1. The van der Waals surface area contributed by atoms with Gasteiger partial charge in [-0.3, -0.25) is 0 Å². The van der Waals surface area contributed by atoms with E-state index in [4.69, 9.17) is 8.07 Å². The van der Waals surface area contributed by atoms with Gasteiger partial charge in [0.25, 0.3) is 0 Å². The molecule has 4 aromatic carbocycles. The van der Waals surface area contributed by atoms with Crippen LogP contribution in [0, 0.1) is 5.92 Å². The van der Waals surface area contributed by atoms with Crippen LogP contribution in [-0.2, 0) is 21.2 Å². The van der Waals surface area contributed by atoms with Gasteiger partial charge in [-0.15, -0.1) is 0 Å². The molecule has 0 aliphatic carbocycles. The van der Waals surface area contributed by atoms with Crippen molar-refractivity contribution in [2.75, 3.05) is 0 Å². The number of aromatic hydroxyl groups is 1. The Labute approximate surface area is 243 Å². The third-order valence-electron chi connectivity index (χ3n) is 7.03. The van der Waals surface area contributed by atoms with Gasteiger partial charge in [0.1, 0.15) is 0 Å². The number of hydrogen-bond acceptors (Lipinski definition) is 4. The number of carbonyl (C=O) groups excluding carboxylic acids is 1. The van der Waals surface area contributed by atoms with Crippen molar-refractivity contribution in [3.8, 4) is 5.75 Å². The number of rotatable bonds is 12. The average Bonchev–Trinajstić information content (AvgIpc) is 2.94. The molecule has 5 heteroatoms. The Kier molecular flexibility index (Phi) is 10.6. The van der Waals surface area contributed by atoms with Crippen LogP contribution >= 0.6 is 0 Å². The molecule has 0 aliphatic rings. The zero-order chi connectivity index (χ0) is 28.4. The molecule has 1 N–H and O–H groups in total. The van der Waals surface area contributed by atoms with Gasteiger partial charge in [-0.25, -0.2) is 0 Å². The van der Waals surface area contributed by atoms with Crippen LogP contribution in [0.4, 0.5) is 0 Å². The molecule has 1 atom stereocenters. The van der Waals surface area contributed by atoms with Crippen LogP contribution in [0.5, 0.6) is 5.75 Å². The van der Waals surface area contributed by atoms with Crippen molar-refractivity contribution >= 4 is 30.5 Å². The Hall–Kier alpha value is -3.38. The van der Waals surface area contributed by atoms with Gasteiger partial charge in [-0.2, -0.15) is 0 Å². The first kappa shape index (κ1) is 29.6. The molecule has 0 spiro atoms. The van der Waals surface area contributed by atoms with Gasteiger partial charge in [0.2, 0.25) is 0 Å². The first-order valence-corrected chi connectivity index (χ1v) is 21.2. The van der Waals surface area contributed by atoms with Crippen LogP contribution < -0.4 is 0 Å². The SMILES string of the molecule is CC(=N[C@@H](CC(C)C)C(=O)[O][Sn]([CH2]c1ccccc1)([CH2]c1ccccc1)[CH2]c1ccccc1)c1ccccc1O. The summed E-state index contributed by atoms with van der Waals surface area (Å²) in [5, 5.41) is 10.4. The normalized spacial score (nSPS) is 12.8. The second kappa shape index (κ2) is 14.3. The summed E-state index contributed by atoms with van der Waals surface area (Å²) in [4.78, 5) is 19.0. The second-order valence-electron chi connectivity index (χ2n) is 11.0. The minimum absolute atomic E-state index is 0.158. The predicted molar refractivity (Wildman–Crippen MR) is 166 cm³/mol. The third-order valence-corrected chi connectivity index (χ3v) is 17.9. The Bertz CT molecular complexity index is 1290. The van der Waals surface area contributed by atoms with E-state index in [0.717, 1.165) is 13.3 Å². The molecule has 0 bridgehead atoms. The molecule has 40 heavy (non-hydrogen) atoms. The molecule has 0 unspecified atom stereocenters. The van der Waals surface area contributed by atoms with Crippen molar-refractivity contribution in [1.82, 2.24) is 0 Å². The summed E-state index contributed by atoms with van der Waals surface area (Å²) in [6.07, 6.45) is 0.577. The van der Waals surface area contributed by atoms with E-state index in [9.17, 15) is 9.90 Å². The predicted octanol–water partition coefficient (Wildman–Crippen LogP) is 7.45. The van der Waals surface area contributed by atoms with E-state index in [-0.39, 0.29) is 17.6 Å².